The van der Waals surface area contributed by atoms with Crippen LogP contribution in [0.25, 0.3) is 5.69 Å². The van der Waals surface area contributed by atoms with E-state index in [2.05, 4.69) is 17.0 Å². The van der Waals surface area contributed by atoms with Gasteiger partial charge in [-0.2, -0.15) is 0 Å². The number of carbonyl (C=O) groups is 3. The van der Waals surface area contributed by atoms with E-state index in [-0.39, 0.29) is 30.2 Å². The third kappa shape index (κ3) is 6.34. The number of benzene rings is 3. The summed E-state index contributed by atoms with van der Waals surface area (Å²) in [5.74, 6) is -0.215. The summed E-state index contributed by atoms with van der Waals surface area (Å²) < 4.78 is 7.55. The van der Waals surface area contributed by atoms with Crippen molar-refractivity contribution in [3.8, 4) is 11.4 Å². The average Bonchev–Trinajstić information content (AvgIpc) is 3.43. The van der Waals surface area contributed by atoms with Gasteiger partial charge in [-0.05, 0) is 90.9 Å². The van der Waals surface area contributed by atoms with Gasteiger partial charge in [-0.3, -0.25) is 14.5 Å². The number of anilines is 1. The number of carbonyl (C=O) groups excluding carboxylic acids is 2. The topological polar surface area (TPSA) is 119 Å². The molecule has 3 aliphatic rings. The van der Waals surface area contributed by atoms with E-state index in [0.29, 0.717) is 55.2 Å². The van der Waals surface area contributed by atoms with E-state index in [1.54, 1.807) is 36.2 Å². The monoisotopic (exact) mass is 677 g/mol. The highest BCUT2D eigenvalue weighted by Crippen LogP contribution is 2.33. The minimum absolute atomic E-state index is 0.0708. The van der Waals surface area contributed by atoms with E-state index in [1.165, 1.54) is 10.5 Å². The van der Waals surface area contributed by atoms with Crippen LogP contribution in [0.2, 0.25) is 0 Å². The molecule has 0 unspecified atom stereocenters. The van der Waals surface area contributed by atoms with E-state index in [1.807, 2.05) is 53.8 Å². The first kappa shape index (κ1) is 33.4. The van der Waals surface area contributed by atoms with Crippen molar-refractivity contribution in [3.05, 3.63) is 111 Å². The lowest BCUT2D eigenvalue weighted by molar-refractivity contribution is 0.0193. The van der Waals surface area contributed by atoms with Gasteiger partial charge in [0.1, 0.15) is 5.75 Å². The maximum Gasteiger partial charge on any atom is 0.407 e. The summed E-state index contributed by atoms with van der Waals surface area (Å²) in [7, 11) is 1.70. The molecule has 4 heterocycles. The first-order chi connectivity index (χ1) is 24.1. The average molecular weight is 678 g/mol. The first-order valence-corrected chi connectivity index (χ1v) is 17.2. The quantitative estimate of drug-likeness (QED) is 0.295. The molecule has 3 aromatic carbocycles. The molecule has 1 aromatic heterocycles. The Bertz CT molecular complexity index is 1950. The van der Waals surface area contributed by atoms with Gasteiger partial charge in [0.2, 0.25) is 0 Å². The van der Waals surface area contributed by atoms with Crippen molar-refractivity contribution in [2.75, 3.05) is 51.3 Å². The summed E-state index contributed by atoms with van der Waals surface area (Å²) >= 11 is 0. The molecule has 11 heteroatoms. The number of hydrogen-bond acceptors (Lipinski definition) is 6. The zero-order chi connectivity index (χ0) is 35.1. The third-order valence-electron chi connectivity index (χ3n) is 10.6. The fourth-order valence-electron chi connectivity index (χ4n) is 7.49. The molecule has 3 amide bonds. The first-order valence-electron chi connectivity index (χ1n) is 17.2. The maximum absolute atomic E-state index is 15.1. The summed E-state index contributed by atoms with van der Waals surface area (Å²) in [6.07, 6.45) is 2.08. The van der Waals surface area contributed by atoms with Crippen molar-refractivity contribution in [1.29, 1.82) is 0 Å². The highest BCUT2D eigenvalue weighted by Gasteiger charge is 2.35. The lowest BCUT2D eigenvalue weighted by atomic mass is 9.91. The second-order valence-corrected chi connectivity index (χ2v) is 13.6. The van der Waals surface area contributed by atoms with E-state index in [4.69, 9.17) is 4.74 Å². The second-order valence-electron chi connectivity index (χ2n) is 13.6. The maximum atomic E-state index is 15.1. The molecular formula is C39H43N5O6. The van der Waals surface area contributed by atoms with Gasteiger partial charge < -0.3 is 34.2 Å². The van der Waals surface area contributed by atoms with Crippen molar-refractivity contribution >= 4 is 23.6 Å². The van der Waals surface area contributed by atoms with Crippen LogP contribution in [0.1, 0.15) is 54.2 Å². The van der Waals surface area contributed by atoms with Crippen molar-refractivity contribution in [1.82, 2.24) is 19.3 Å². The highest BCUT2D eigenvalue weighted by atomic mass is 16.5. The zero-order valence-electron chi connectivity index (χ0n) is 28.8. The molecule has 260 valence electrons. The molecule has 0 saturated carbocycles. The number of rotatable bonds is 6. The molecule has 4 aromatic rings. The molecule has 50 heavy (non-hydrogen) atoms. The molecule has 1 saturated heterocycles. The van der Waals surface area contributed by atoms with Crippen molar-refractivity contribution in [2.24, 2.45) is 0 Å². The molecule has 0 aliphatic carbocycles. The minimum atomic E-state index is -0.983. The molecule has 0 spiro atoms. The van der Waals surface area contributed by atoms with Gasteiger partial charge in [0.15, 0.2) is 0 Å². The largest absolute Gasteiger partial charge is 0.508 e. The SMILES string of the molecule is Cc1c(C(=O)N(C)c2ccc(O)cc2)cn(-c2cc3c(cc2C(=O)N2Cc4ccccc4C[C@H]2CN2CCOCC2)CN(C(=O)O)CC3)c1C. The fourth-order valence-corrected chi connectivity index (χ4v) is 7.49. The van der Waals surface area contributed by atoms with Crippen molar-refractivity contribution < 1.29 is 29.3 Å². The molecule has 7 rings (SSSR count). The number of hydrogen-bond donors (Lipinski definition) is 2. The Morgan fingerprint density at radius 3 is 2.32 bits per heavy atom. The molecular weight excluding hydrogens is 634 g/mol. The van der Waals surface area contributed by atoms with Gasteiger partial charge in [-0.1, -0.05) is 24.3 Å². The molecule has 3 aliphatic heterocycles. The number of ether oxygens (including phenoxy) is 1. The lowest BCUT2D eigenvalue weighted by Gasteiger charge is -2.41. The molecule has 0 radical (unpaired) electrons. The molecule has 1 fully saturated rings. The van der Waals surface area contributed by atoms with Crippen LogP contribution in [0.4, 0.5) is 10.5 Å². The number of phenolic OH excluding ortho intramolecular Hbond substituents is 1. The Morgan fingerprint density at radius 1 is 0.880 bits per heavy atom. The molecule has 2 N–H and O–H groups in total. The number of aromatic hydroxyl groups is 1. The van der Waals surface area contributed by atoms with E-state index >= 15 is 4.79 Å². The summed E-state index contributed by atoms with van der Waals surface area (Å²) in [6.45, 7) is 8.58. The van der Waals surface area contributed by atoms with Gasteiger partial charge >= 0.3 is 6.09 Å². The summed E-state index contributed by atoms with van der Waals surface area (Å²) in [6, 6.07) is 18.6. The Morgan fingerprint density at radius 2 is 1.60 bits per heavy atom. The normalized spacial score (nSPS) is 17.6. The smallest absolute Gasteiger partial charge is 0.407 e. The molecule has 1 atom stereocenters. The number of aromatic nitrogens is 1. The van der Waals surface area contributed by atoms with Crippen LogP contribution in [0.3, 0.4) is 0 Å². The summed E-state index contributed by atoms with van der Waals surface area (Å²) in [4.78, 5) is 48.2. The Labute approximate surface area is 291 Å². The summed E-state index contributed by atoms with van der Waals surface area (Å²) in [5.41, 5.74) is 8.10. The van der Waals surface area contributed by atoms with Crippen LogP contribution in [0, 0.1) is 13.8 Å². The van der Waals surface area contributed by atoms with Gasteiger partial charge in [-0.15, -0.1) is 0 Å². The number of phenols is 1. The van der Waals surface area contributed by atoms with Crippen molar-refractivity contribution in [2.45, 2.75) is 45.8 Å². The van der Waals surface area contributed by atoms with Crippen LogP contribution in [0.15, 0.2) is 66.9 Å². The van der Waals surface area contributed by atoms with Crippen LogP contribution >= 0.6 is 0 Å². The molecule has 11 nitrogen and oxygen atoms in total. The van der Waals surface area contributed by atoms with E-state index < -0.39 is 6.09 Å². The Hall–Kier alpha value is -5.13. The van der Waals surface area contributed by atoms with Crippen LogP contribution in [-0.2, 0) is 30.7 Å². The van der Waals surface area contributed by atoms with Gasteiger partial charge in [-0.25, -0.2) is 4.79 Å². The zero-order valence-corrected chi connectivity index (χ0v) is 28.8. The number of amides is 3. The van der Waals surface area contributed by atoms with Gasteiger partial charge in [0, 0.05) is 69.9 Å². The number of morpholine rings is 1. The number of nitrogens with zero attached hydrogens (tertiary/aromatic N) is 5. The lowest BCUT2D eigenvalue weighted by Crippen LogP contribution is -2.52. The predicted molar refractivity (Wildman–Crippen MR) is 189 cm³/mol. The highest BCUT2D eigenvalue weighted by molar-refractivity contribution is 6.07. The van der Waals surface area contributed by atoms with Gasteiger partial charge in [0.25, 0.3) is 11.8 Å². The van der Waals surface area contributed by atoms with E-state index in [9.17, 15) is 19.8 Å². The molecule has 0 bridgehead atoms. The van der Waals surface area contributed by atoms with Crippen molar-refractivity contribution in [3.63, 3.8) is 0 Å². The fraction of sp³-hybridized carbons (Fsp3) is 0.359. The Kier molecular flexibility index (Phi) is 9.11. The number of carboxylic acid groups (broad SMARTS) is 1. The van der Waals surface area contributed by atoms with Crippen LogP contribution < -0.4 is 4.90 Å². The van der Waals surface area contributed by atoms with Gasteiger partial charge in [0.05, 0.1) is 30.0 Å². The van der Waals surface area contributed by atoms with Crippen LogP contribution in [0.5, 0.6) is 5.75 Å². The van der Waals surface area contributed by atoms with E-state index in [0.717, 1.165) is 54.0 Å². The summed E-state index contributed by atoms with van der Waals surface area (Å²) in [5, 5.41) is 19.6. The predicted octanol–water partition coefficient (Wildman–Crippen LogP) is 5.01. The standard InChI is InChI=1S/C39H43N5O6/c1-25-26(2)43(24-35(25)37(46)40(3)31-8-10-33(45)11-9-31)36-20-28-12-13-42(39(48)49)21-30(28)19-34(36)38(47)44-22-29-7-5-4-6-27(29)18-32(44)23-41-14-16-50-17-15-41/h4-11,19-20,24,32,45H,12-18,21-23H2,1-3H3,(H,48,49)/t32-/m0/s1. The van der Waals surface area contributed by atoms with Crippen LogP contribution in [-0.4, -0.2) is 99.9 Å². The minimum Gasteiger partial charge on any atom is -0.508 e. The number of fused-ring (bicyclic) bond motifs is 2. The third-order valence-corrected chi connectivity index (χ3v) is 10.6. The second kappa shape index (κ2) is 13.6. The Balaban J connectivity index is 1.31.